The van der Waals surface area contributed by atoms with E-state index < -0.39 is 0 Å². The van der Waals surface area contributed by atoms with Crippen molar-refractivity contribution in [3.8, 4) is 11.5 Å². The van der Waals surface area contributed by atoms with E-state index in [1.807, 2.05) is 13.8 Å². The molecule has 0 aromatic heterocycles. The highest BCUT2D eigenvalue weighted by atomic mass is 16.5. The maximum atomic E-state index is 11.9. The van der Waals surface area contributed by atoms with Crippen LogP contribution < -0.4 is 15.4 Å². The van der Waals surface area contributed by atoms with E-state index in [1.54, 1.807) is 25.3 Å². The van der Waals surface area contributed by atoms with Gasteiger partial charge in [-0.25, -0.2) is 0 Å². The van der Waals surface area contributed by atoms with Gasteiger partial charge in [-0.1, -0.05) is 6.07 Å². The van der Waals surface area contributed by atoms with Crippen LogP contribution in [0.5, 0.6) is 11.5 Å². The topological polar surface area (TPSA) is 70.6 Å². The van der Waals surface area contributed by atoms with Gasteiger partial charge in [0.15, 0.2) is 0 Å². The third-order valence-electron chi connectivity index (χ3n) is 3.52. The van der Waals surface area contributed by atoms with Gasteiger partial charge >= 0.3 is 0 Å². The van der Waals surface area contributed by atoms with E-state index in [2.05, 4.69) is 10.6 Å². The number of carbonyl (C=O) groups excluding carboxylic acids is 1. The molecule has 2 rings (SSSR count). The summed E-state index contributed by atoms with van der Waals surface area (Å²) in [6, 6.07) is 5.10. The lowest BCUT2D eigenvalue weighted by Crippen LogP contribution is -2.43. The van der Waals surface area contributed by atoms with Crippen LogP contribution in [-0.2, 0) is 4.79 Å². The van der Waals surface area contributed by atoms with Crippen LogP contribution in [0.2, 0.25) is 0 Å². The van der Waals surface area contributed by atoms with Crippen molar-refractivity contribution in [3.05, 3.63) is 23.8 Å². The average molecular weight is 278 g/mol. The molecule has 110 valence electrons. The number of amides is 1. The summed E-state index contributed by atoms with van der Waals surface area (Å²) in [5, 5.41) is 16.1. The number of rotatable bonds is 6. The fourth-order valence-electron chi connectivity index (χ4n) is 2.11. The fraction of sp³-hybridized carbons (Fsp3) is 0.533. The summed E-state index contributed by atoms with van der Waals surface area (Å²) in [6.45, 7) is 3.75. The quantitative estimate of drug-likeness (QED) is 0.741. The van der Waals surface area contributed by atoms with E-state index >= 15 is 0 Å². The molecule has 0 radical (unpaired) electrons. The van der Waals surface area contributed by atoms with Crippen LogP contribution in [0.4, 0.5) is 0 Å². The average Bonchev–Trinajstić information content (AvgIpc) is 3.22. The van der Waals surface area contributed by atoms with Crippen LogP contribution in [0.3, 0.4) is 0 Å². The van der Waals surface area contributed by atoms with Crippen LogP contribution in [0.25, 0.3) is 0 Å². The molecule has 1 aromatic rings. The summed E-state index contributed by atoms with van der Waals surface area (Å²) in [5.74, 6) is 0.782. The molecule has 0 saturated heterocycles. The zero-order valence-corrected chi connectivity index (χ0v) is 12.1. The number of hydrogen-bond acceptors (Lipinski definition) is 4. The minimum Gasteiger partial charge on any atom is -0.507 e. The number of aromatic hydroxyl groups is 1. The molecule has 20 heavy (non-hydrogen) atoms. The molecule has 1 aromatic carbocycles. The van der Waals surface area contributed by atoms with Crippen LogP contribution in [-0.4, -0.2) is 30.2 Å². The second-order valence-corrected chi connectivity index (χ2v) is 5.32. The molecular weight excluding hydrogens is 256 g/mol. The summed E-state index contributed by atoms with van der Waals surface area (Å²) in [5.41, 5.74) is 0.747. The van der Waals surface area contributed by atoms with Gasteiger partial charge in [0.2, 0.25) is 5.91 Å². The minimum atomic E-state index is -0.299. The highest BCUT2D eigenvalue weighted by molar-refractivity contribution is 5.81. The second-order valence-electron chi connectivity index (χ2n) is 5.32. The van der Waals surface area contributed by atoms with Gasteiger partial charge in [0.25, 0.3) is 0 Å². The van der Waals surface area contributed by atoms with Crippen LogP contribution in [0.15, 0.2) is 18.2 Å². The Balaban J connectivity index is 1.96. The third kappa shape index (κ3) is 3.63. The molecular formula is C15H22N2O3. The molecule has 1 aliphatic carbocycles. The minimum absolute atomic E-state index is 0.00681. The molecule has 0 spiro atoms. The van der Waals surface area contributed by atoms with Gasteiger partial charge < -0.3 is 15.2 Å². The molecule has 0 bridgehead atoms. The van der Waals surface area contributed by atoms with Gasteiger partial charge in [0, 0.05) is 23.7 Å². The number of benzene rings is 1. The molecule has 2 unspecified atom stereocenters. The number of hydrogen-bond donors (Lipinski definition) is 3. The number of phenols is 1. The van der Waals surface area contributed by atoms with Crippen molar-refractivity contribution in [1.82, 2.24) is 10.6 Å². The first-order chi connectivity index (χ1) is 9.51. The van der Waals surface area contributed by atoms with Crippen molar-refractivity contribution in [2.75, 3.05) is 7.11 Å². The summed E-state index contributed by atoms with van der Waals surface area (Å²) >= 11 is 0. The molecule has 0 heterocycles. The summed E-state index contributed by atoms with van der Waals surface area (Å²) in [6.07, 6.45) is 2.15. The predicted molar refractivity (Wildman–Crippen MR) is 76.8 cm³/mol. The monoisotopic (exact) mass is 278 g/mol. The molecule has 0 aliphatic heterocycles. The van der Waals surface area contributed by atoms with E-state index in [9.17, 15) is 9.90 Å². The summed E-state index contributed by atoms with van der Waals surface area (Å²) in [4.78, 5) is 11.9. The Morgan fingerprint density at radius 2 is 2.10 bits per heavy atom. The lowest BCUT2D eigenvalue weighted by Gasteiger charge is -2.21. The number of phenolic OH excluding ortho intramolecular Hbond substituents is 1. The molecule has 3 N–H and O–H groups in total. The standard InChI is InChI=1S/C15H22N2O3/c1-9(13-7-6-12(20-3)8-14(13)18)16-10(2)15(19)17-11-4-5-11/h6-11,16,18H,4-5H2,1-3H3,(H,17,19). The van der Waals surface area contributed by atoms with E-state index in [1.165, 1.54) is 0 Å². The maximum absolute atomic E-state index is 11.9. The largest absolute Gasteiger partial charge is 0.507 e. The number of nitrogens with one attached hydrogen (secondary N) is 2. The van der Waals surface area contributed by atoms with Gasteiger partial charge in [0.1, 0.15) is 11.5 Å². The van der Waals surface area contributed by atoms with Crippen molar-refractivity contribution < 1.29 is 14.6 Å². The van der Waals surface area contributed by atoms with E-state index in [-0.39, 0.29) is 23.7 Å². The van der Waals surface area contributed by atoms with Crippen molar-refractivity contribution in [2.45, 2.75) is 44.8 Å². The molecule has 1 saturated carbocycles. The van der Waals surface area contributed by atoms with Crippen LogP contribution >= 0.6 is 0 Å². The van der Waals surface area contributed by atoms with Gasteiger partial charge in [-0.2, -0.15) is 0 Å². The van der Waals surface area contributed by atoms with Crippen LogP contribution in [0.1, 0.15) is 38.3 Å². The molecule has 1 amide bonds. The van der Waals surface area contributed by atoms with Crippen LogP contribution in [0, 0.1) is 0 Å². The van der Waals surface area contributed by atoms with Gasteiger partial charge in [0.05, 0.1) is 13.2 Å². The van der Waals surface area contributed by atoms with Gasteiger partial charge in [-0.05, 0) is 32.8 Å². The molecule has 5 heteroatoms. The Bertz CT molecular complexity index is 486. The van der Waals surface area contributed by atoms with E-state index in [0.717, 1.165) is 18.4 Å². The Labute approximate surface area is 119 Å². The first-order valence-corrected chi connectivity index (χ1v) is 6.94. The van der Waals surface area contributed by atoms with Crippen molar-refractivity contribution in [2.24, 2.45) is 0 Å². The second kappa shape index (κ2) is 6.13. The molecule has 1 fully saturated rings. The predicted octanol–water partition coefficient (Wildman–Crippen LogP) is 1.72. The highest BCUT2D eigenvalue weighted by Crippen LogP contribution is 2.28. The first kappa shape index (κ1) is 14.7. The smallest absolute Gasteiger partial charge is 0.237 e. The lowest BCUT2D eigenvalue weighted by molar-refractivity contribution is -0.123. The van der Waals surface area contributed by atoms with E-state index in [0.29, 0.717) is 11.8 Å². The van der Waals surface area contributed by atoms with E-state index in [4.69, 9.17) is 4.74 Å². The SMILES string of the molecule is COc1ccc(C(C)NC(C)C(=O)NC2CC2)c(O)c1. The Morgan fingerprint density at radius 1 is 1.40 bits per heavy atom. The van der Waals surface area contributed by atoms with Gasteiger partial charge in [-0.15, -0.1) is 0 Å². The van der Waals surface area contributed by atoms with Gasteiger partial charge in [-0.3, -0.25) is 10.1 Å². The third-order valence-corrected chi connectivity index (χ3v) is 3.52. The zero-order valence-electron chi connectivity index (χ0n) is 12.1. The summed E-state index contributed by atoms with van der Waals surface area (Å²) < 4.78 is 5.06. The van der Waals surface area contributed by atoms with Crippen molar-refractivity contribution in [3.63, 3.8) is 0 Å². The number of methoxy groups -OCH3 is 1. The summed E-state index contributed by atoms with van der Waals surface area (Å²) in [7, 11) is 1.56. The zero-order chi connectivity index (χ0) is 14.7. The van der Waals surface area contributed by atoms with Crippen molar-refractivity contribution in [1.29, 1.82) is 0 Å². The maximum Gasteiger partial charge on any atom is 0.237 e. The fourth-order valence-corrected chi connectivity index (χ4v) is 2.11. The van der Waals surface area contributed by atoms with Crippen molar-refractivity contribution >= 4 is 5.91 Å². The molecule has 1 aliphatic rings. The Morgan fingerprint density at radius 3 is 2.65 bits per heavy atom. The highest BCUT2D eigenvalue weighted by Gasteiger charge is 2.26. The normalized spacial score (nSPS) is 17.4. The lowest BCUT2D eigenvalue weighted by atomic mass is 10.1. The first-order valence-electron chi connectivity index (χ1n) is 6.94. The molecule has 5 nitrogen and oxygen atoms in total. The number of ether oxygens (including phenoxy) is 1. The number of carbonyl (C=O) groups is 1. The molecule has 2 atom stereocenters. The Kier molecular flexibility index (Phi) is 4.49. The Hall–Kier alpha value is -1.75.